The van der Waals surface area contributed by atoms with Gasteiger partial charge in [0.25, 0.3) is 0 Å². The van der Waals surface area contributed by atoms with E-state index in [1.54, 1.807) is 19.0 Å². The summed E-state index contributed by atoms with van der Waals surface area (Å²) in [5, 5.41) is 3.35. The molecule has 0 atom stereocenters. The van der Waals surface area contributed by atoms with E-state index >= 15 is 0 Å². The van der Waals surface area contributed by atoms with Gasteiger partial charge in [0.15, 0.2) is 5.96 Å². The average molecular weight is 494 g/mol. The Morgan fingerprint density at radius 3 is 2.19 bits per heavy atom. The monoisotopic (exact) mass is 494 g/mol. The zero-order valence-electron chi connectivity index (χ0n) is 16.9. The average Bonchev–Trinajstić information content (AvgIpc) is 3.17. The van der Waals surface area contributed by atoms with Crippen molar-refractivity contribution in [1.82, 2.24) is 24.9 Å². The number of likely N-dealkylation sites (tertiary alicyclic amines) is 1. The van der Waals surface area contributed by atoms with Crippen LogP contribution in [-0.2, 0) is 9.59 Å². The van der Waals surface area contributed by atoms with Crippen LogP contribution in [0, 0.1) is 0 Å². The quantitative estimate of drug-likeness (QED) is 0.327. The molecule has 2 aliphatic heterocycles. The van der Waals surface area contributed by atoms with Crippen molar-refractivity contribution < 1.29 is 9.59 Å². The maximum Gasteiger partial charge on any atom is 0.243 e. The Labute approximate surface area is 180 Å². The van der Waals surface area contributed by atoms with Crippen molar-refractivity contribution in [2.45, 2.75) is 26.2 Å². The molecule has 0 aromatic carbocycles. The van der Waals surface area contributed by atoms with Crippen LogP contribution in [0.1, 0.15) is 26.2 Å². The van der Waals surface area contributed by atoms with E-state index in [-0.39, 0.29) is 42.3 Å². The molecule has 2 saturated heterocycles. The van der Waals surface area contributed by atoms with E-state index < -0.39 is 0 Å². The summed E-state index contributed by atoms with van der Waals surface area (Å²) in [6.45, 7) is 8.77. The summed E-state index contributed by atoms with van der Waals surface area (Å²) in [4.78, 5) is 36.6. The Kier molecular flexibility index (Phi) is 11.0. The number of carbonyl (C=O) groups excluding carboxylic acids is 2. The fraction of sp³-hybridized carbons (Fsp3) is 0.833. The van der Waals surface area contributed by atoms with E-state index in [9.17, 15) is 9.59 Å². The molecule has 0 aliphatic carbocycles. The number of piperazine rings is 1. The number of halogens is 1. The zero-order valence-corrected chi connectivity index (χ0v) is 19.3. The van der Waals surface area contributed by atoms with Gasteiger partial charge in [-0.2, -0.15) is 0 Å². The van der Waals surface area contributed by atoms with Gasteiger partial charge in [-0.1, -0.05) is 6.92 Å². The van der Waals surface area contributed by atoms with Gasteiger partial charge >= 0.3 is 0 Å². The number of hydrogen-bond donors (Lipinski definition) is 1. The Balaban J connectivity index is 0.00000364. The number of likely N-dealkylation sites (N-methyl/N-ethyl adjacent to an activating group) is 1. The van der Waals surface area contributed by atoms with E-state index in [2.05, 4.69) is 27.0 Å². The maximum absolute atomic E-state index is 12.3. The van der Waals surface area contributed by atoms with E-state index in [0.717, 1.165) is 71.0 Å². The summed E-state index contributed by atoms with van der Waals surface area (Å²) in [7, 11) is 3.49. The molecule has 0 spiro atoms. The number of nitrogens with zero attached hydrogens (tertiary/aromatic N) is 5. The number of aliphatic imine (C=N–C) groups is 1. The van der Waals surface area contributed by atoms with Crippen LogP contribution in [-0.4, -0.2) is 110 Å². The van der Waals surface area contributed by atoms with Gasteiger partial charge in [-0.25, -0.2) is 4.99 Å². The SMILES string of the molecule is CCCNC(=NCC(=O)N(C)C)N1CCN(CC(=O)N2CCCC2)CC1.I. The summed E-state index contributed by atoms with van der Waals surface area (Å²) in [6, 6.07) is 0. The Morgan fingerprint density at radius 2 is 1.63 bits per heavy atom. The molecule has 2 aliphatic rings. The first-order valence-electron chi connectivity index (χ1n) is 9.74. The molecule has 0 saturated carbocycles. The van der Waals surface area contributed by atoms with Crippen molar-refractivity contribution in [3.63, 3.8) is 0 Å². The number of carbonyl (C=O) groups is 2. The van der Waals surface area contributed by atoms with Gasteiger partial charge in [-0.05, 0) is 19.3 Å². The van der Waals surface area contributed by atoms with E-state index in [1.165, 1.54) is 0 Å². The minimum absolute atomic E-state index is 0. The van der Waals surface area contributed by atoms with E-state index in [4.69, 9.17) is 0 Å². The summed E-state index contributed by atoms with van der Waals surface area (Å²) in [6.07, 6.45) is 3.27. The molecule has 8 nitrogen and oxygen atoms in total. The third-order valence-electron chi connectivity index (χ3n) is 4.89. The smallest absolute Gasteiger partial charge is 0.243 e. The van der Waals surface area contributed by atoms with Gasteiger partial charge in [0.1, 0.15) is 6.54 Å². The van der Waals surface area contributed by atoms with Gasteiger partial charge in [-0.15, -0.1) is 24.0 Å². The molecule has 0 unspecified atom stereocenters. The van der Waals surface area contributed by atoms with Crippen molar-refractivity contribution in [2.24, 2.45) is 4.99 Å². The standard InChI is InChI=1S/C18H34N6O2.HI/c1-4-7-19-18(20-14-16(25)21(2)3)24-12-10-22(11-13-24)15-17(26)23-8-5-6-9-23;/h4-15H2,1-3H3,(H,19,20);1H. The summed E-state index contributed by atoms with van der Waals surface area (Å²) < 4.78 is 0. The van der Waals surface area contributed by atoms with E-state index in [1.807, 2.05) is 4.90 Å². The molecular formula is C18H35IN6O2. The fourth-order valence-corrected chi connectivity index (χ4v) is 3.16. The van der Waals surface area contributed by atoms with Gasteiger partial charge in [0.05, 0.1) is 6.54 Å². The molecule has 2 rings (SSSR count). The maximum atomic E-state index is 12.3. The van der Waals surface area contributed by atoms with Crippen LogP contribution in [0.4, 0.5) is 0 Å². The molecule has 9 heteroatoms. The summed E-state index contributed by atoms with van der Waals surface area (Å²) >= 11 is 0. The molecule has 2 fully saturated rings. The number of guanidine groups is 1. The lowest BCUT2D eigenvalue weighted by Gasteiger charge is -2.36. The highest BCUT2D eigenvalue weighted by molar-refractivity contribution is 14.0. The first-order valence-corrected chi connectivity index (χ1v) is 9.74. The molecule has 156 valence electrons. The third kappa shape index (κ3) is 7.81. The Morgan fingerprint density at radius 1 is 1.00 bits per heavy atom. The molecule has 0 bridgehead atoms. The second-order valence-corrected chi connectivity index (χ2v) is 7.21. The third-order valence-corrected chi connectivity index (χ3v) is 4.89. The van der Waals surface area contributed by atoms with Crippen molar-refractivity contribution in [1.29, 1.82) is 0 Å². The highest BCUT2D eigenvalue weighted by Crippen LogP contribution is 2.09. The first-order chi connectivity index (χ1) is 12.5. The Bertz CT molecular complexity index is 500. The van der Waals surface area contributed by atoms with Crippen LogP contribution >= 0.6 is 24.0 Å². The predicted octanol–water partition coefficient (Wildman–Crippen LogP) is 0.288. The van der Waals surface area contributed by atoms with Gasteiger partial charge in [0.2, 0.25) is 11.8 Å². The highest BCUT2D eigenvalue weighted by atomic mass is 127. The summed E-state index contributed by atoms with van der Waals surface area (Å²) in [5.41, 5.74) is 0. The molecule has 27 heavy (non-hydrogen) atoms. The minimum Gasteiger partial charge on any atom is -0.356 e. The molecule has 2 heterocycles. The topological polar surface area (TPSA) is 71.5 Å². The molecule has 0 aromatic heterocycles. The number of hydrogen-bond acceptors (Lipinski definition) is 4. The van der Waals surface area contributed by atoms with Gasteiger partial charge in [-0.3, -0.25) is 14.5 Å². The van der Waals surface area contributed by atoms with Crippen LogP contribution in [0.5, 0.6) is 0 Å². The predicted molar refractivity (Wildman–Crippen MR) is 119 cm³/mol. The minimum atomic E-state index is -0.00403. The molecule has 1 N–H and O–H groups in total. The number of rotatable bonds is 6. The number of nitrogens with one attached hydrogen (secondary N) is 1. The van der Waals surface area contributed by atoms with Crippen LogP contribution in [0.25, 0.3) is 0 Å². The van der Waals surface area contributed by atoms with Crippen molar-refractivity contribution in [3.05, 3.63) is 0 Å². The second-order valence-electron chi connectivity index (χ2n) is 7.21. The summed E-state index contributed by atoms with van der Waals surface area (Å²) in [5.74, 6) is 1.05. The fourth-order valence-electron chi connectivity index (χ4n) is 3.16. The molecule has 2 amide bonds. The molecule has 0 radical (unpaired) electrons. The van der Waals surface area contributed by atoms with E-state index in [0.29, 0.717) is 6.54 Å². The van der Waals surface area contributed by atoms with Crippen LogP contribution in [0.3, 0.4) is 0 Å². The molecule has 0 aromatic rings. The first kappa shape index (κ1) is 23.9. The zero-order chi connectivity index (χ0) is 18.9. The molecular weight excluding hydrogens is 459 g/mol. The lowest BCUT2D eigenvalue weighted by molar-refractivity contribution is -0.131. The van der Waals surface area contributed by atoms with Crippen LogP contribution in [0.2, 0.25) is 0 Å². The second kappa shape index (κ2) is 12.4. The number of amides is 2. The highest BCUT2D eigenvalue weighted by Gasteiger charge is 2.24. The van der Waals surface area contributed by atoms with Crippen molar-refractivity contribution in [3.8, 4) is 0 Å². The lowest BCUT2D eigenvalue weighted by Crippen LogP contribution is -2.54. The van der Waals surface area contributed by atoms with Crippen LogP contribution in [0.15, 0.2) is 4.99 Å². The Hall–Kier alpha value is -1.10. The van der Waals surface area contributed by atoms with Gasteiger partial charge < -0.3 is 20.0 Å². The van der Waals surface area contributed by atoms with Crippen molar-refractivity contribution >= 4 is 41.8 Å². The lowest BCUT2D eigenvalue weighted by atomic mass is 10.3. The van der Waals surface area contributed by atoms with Crippen LogP contribution < -0.4 is 5.32 Å². The van der Waals surface area contributed by atoms with Gasteiger partial charge in [0, 0.05) is 59.9 Å². The largest absolute Gasteiger partial charge is 0.356 e. The van der Waals surface area contributed by atoms with Crippen molar-refractivity contribution in [2.75, 3.05) is 73.0 Å². The normalized spacial score (nSPS) is 18.3.